The van der Waals surface area contributed by atoms with Gasteiger partial charge in [0.1, 0.15) is 11.6 Å². The summed E-state index contributed by atoms with van der Waals surface area (Å²) >= 11 is 12.5. The number of alkyl halides is 1. The number of hydrogen-bond donors (Lipinski definition) is 0. The first kappa shape index (κ1) is 14.0. The van der Waals surface area contributed by atoms with Crippen molar-refractivity contribution in [1.29, 1.82) is 0 Å². The van der Waals surface area contributed by atoms with Gasteiger partial charge in [0.05, 0.1) is 14.3 Å². The Bertz CT molecular complexity index is 587. The van der Waals surface area contributed by atoms with Crippen LogP contribution >= 0.6 is 43.5 Å². The average molecular weight is 396 g/mol. The first-order valence-electron chi connectivity index (χ1n) is 5.03. The van der Waals surface area contributed by atoms with Crippen LogP contribution in [0, 0.1) is 11.6 Å². The zero-order valence-corrected chi connectivity index (χ0v) is 12.9. The molecule has 2 aromatic rings. The minimum absolute atomic E-state index is 0.0693. The average Bonchev–Trinajstić information content (AvgIpc) is 2.35. The molecule has 18 heavy (non-hydrogen) atoms. The maximum Gasteiger partial charge on any atom is 0.142 e. The lowest BCUT2D eigenvalue weighted by Crippen LogP contribution is -1.96. The fourth-order valence-corrected chi connectivity index (χ4v) is 3.00. The number of halogens is 5. The molecule has 0 aromatic heterocycles. The van der Waals surface area contributed by atoms with E-state index in [1.165, 1.54) is 12.1 Å². The third-order valence-electron chi connectivity index (χ3n) is 2.49. The molecule has 1 unspecified atom stereocenters. The first-order valence-corrected chi connectivity index (χ1v) is 7.12. The summed E-state index contributed by atoms with van der Waals surface area (Å²) in [5.74, 6) is -0.816. The van der Waals surface area contributed by atoms with Gasteiger partial charge in [-0.05, 0) is 45.3 Å². The smallest absolute Gasteiger partial charge is 0.142 e. The van der Waals surface area contributed by atoms with Gasteiger partial charge in [-0.3, -0.25) is 0 Å². The molecule has 1 atom stereocenters. The molecular formula is C13H7Br2ClF2. The van der Waals surface area contributed by atoms with Gasteiger partial charge in [-0.15, -0.1) is 0 Å². The molecule has 0 saturated heterocycles. The molecule has 0 aliphatic carbocycles. The van der Waals surface area contributed by atoms with E-state index in [-0.39, 0.29) is 15.7 Å². The third kappa shape index (κ3) is 2.76. The van der Waals surface area contributed by atoms with Gasteiger partial charge in [0.25, 0.3) is 0 Å². The Kier molecular flexibility index (Phi) is 4.41. The van der Waals surface area contributed by atoms with Gasteiger partial charge in [0.15, 0.2) is 0 Å². The van der Waals surface area contributed by atoms with E-state index in [4.69, 9.17) is 11.6 Å². The van der Waals surface area contributed by atoms with Gasteiger partial charge in [-0.25, -0.2) is 8.78 Å². The normalized spacial score (nSPS) is 12.5. The van der Waals surface area contributed by atoms with E-state index in [0.29, 0.717) is 10.0 Å². The molecule has 0 fully saturated rings. The monoisotopic (exact) mass is 394 g/mol. The van der Waals surface area contributed by atoms with Gasteiger partial charge in [-0.1, -0.05) is 45.7 Å². The van der Waals surface area contributed by atoms with Gasteiger partial charge in [-0.2, -0.15) is 0 Å². The van der Waals surface area contributed by atoms with Crippen LogP contribution in [0.4, 0.5) is 8.78 Å². The van der Waals surface area contributed by atoms with E-state index in [0.717, 1.165) is 5.56 Å². The molecule has 0 aliphatic rings. The maximum atomic E-state index is 13.4. The summed E-state index contributed by atoms with van der Waals surface area (Å²) in [6.07, 6.45) is 0. The molecule has 0 bridgehead atoms. The van der Waals surface area contributed by atoms with Crippen LogP contribution < -0.4 is 0 Å². The summed E-state index contributed by atoms with van der Waals surface area (Å²) in [5, 5.41) is 0.0693. The highest BCUT2D eigenvalue weighted by Gasteiger charge is 2.17. The summed E-state index contributed by atoms with van der Waals surface area (Å²) in [5.41, 5.74) is 1.39. The second kappa shape index (κ2) is 5.68. The molecule has 0 amide bonds. The van der Waals surface area contributed by atoms with Crippen molar-refractivity contribution < 1.29 is 8.78 Å². The molecule has 0 saturated carbocycles. The van der Waals surface area contributed by atoms with E-state index in [2.05, 4.69) is 31.9 Å². The quantitative estimate of drug-likeness (QED) is 0.558. The predicted molar refractivity (Wildman–Crippen MR) is 76.3 cm³/mol. The lowest BCUT2D eigenvalue weighted by Gasteiger charge is -2.13. The highest BCUT2D eigenvalue weighted by molar-refractivity contribution is 9.10. The topological polar surface area (TPSA) is 0 Å². The standard InChI is InChI=1S/C13H7Br2ClF2/c14-9-6-7(4-5-10(9)17)12(15)8-2-1-3-11(18)13(8)16/h1-6,12H. The van der Waals surface area contributed by atoms with Crippen molar-refractivity contribution in [2.45, 2.75) is 4.83 Å². The van der Waals surface area contributed by atoms with E-state index < -0.39 is 5.82 Å². The number of rotatable bonds is 2. The Morgan fingerprint density at radius 3 is 2.44 bits per heavy atom. The molecule has 0 N–H and O–H groups in total. The highest BCUT2D eigenvalue weighted by atomic mass is 79.9. The highest BCUT2D eigenvalue weighted by Crippen LogP contribution is 2.37. The van der Waals surface area contributed by atoms with Crippen LogP contribution in [0.3, 0.4) is 0 Å². The molecular weight excluding hydrogens is 389 g/mol. The minimum atomic E-state index is -0.472. The fourth-order valence-electron chi connectivity index (χ4n) is 1.57. The summed E-state index contributed by atoms with van der Waals surface area (Å²) in [4.78, 5) is -0.294. The van der Waals surface area contributed by atoms with Crippen LogP contribution in [-0.4, -0.2) is 0 Å². The van der Waals surface area contributed by atoms with E-state index >= 15 is 0 Å². The Hall–Kier alpha value is -0.450. The Labute approximate surface area is 125 Å². The van der Waals surface area contributed by atoms with E-state index in [1.54, 1.807) is 24.3 Å². The second-order valence-electron chi connectivity index (χ2n) is 3.68. The molecule has 0 aliphatic heterocycles. The van der Waals surface area contributed by atoms with E-state index in [9.17, 15) is 8.78 Å². The zero-order chi connectivity index (χ0) is 13.3. The SMILES string of the molecule is Fc1ccc(C(Br)c2cccc(F)c2Cl)cc1Br. The molecule has 0 spiro atoms. The van der Waals surface area contributed by atoms with Crippen LogP contribution in [0.2, 0.25) is 5.02 Å². The minimum Gasteiger partial charge on any atom is -0.206 e. The Morgan fingerprint density at radius 2 is 1.78 bits per heavy atom. The van der Waals surface area contributed by atoms with Gasteiger partial charge in [0.2, 0.25) is 0 Å². The van der Waals surface area contributed by atoms with Crippen molar-refractivity contribution >= 4 is 43.5 Å². The lowest BCUT2D eigenvalue weighted by molar-refractivity contribution is 0.620. The van der Waals surface area contributed by atoms with Crippen molar-refractivity contribution in [3.63, 3.8) is 0 Å². The Balaban J connectivity index is 2.44. The van der Waals surface area contributed by atoms with Crippen molar-refractivity contribution in [3.05, 3.63) is 68.7 Å². The largest absolute Gasteiger partial charge is 0.206 e. The molecule has 0 radical (unpaired) electrons. The number of benzene rings is 2. The van der Waals surface area contributed by atoms with Crippen LogP contribution in [-0.2, 0) is 0 Å². The van der Waals surface area contributed by atoms with Crippen LogP contribution in [0.1, 0.15) is 16.0 Å². The number of hydrogen-bond acceptors (Lipinski definition) is 0. The van der Waals surface area contributed by atoms with Gasteiger partial charge in [0, 0.05) is 0 Å². The van der Waals surface area contributed by atoms with Crippen molar-refractivity contribution in [1.82, 2.24) is 0 Å². The van der Waals surface area contributed by atoms with Crippen molar-refractivity contribution in [2.24, 2.45) is 0 Å². The zero-order valence-electron chi connectivity index (χ0n) is 8.93. The fraction of sp³-hybridized carbons (Fsp3) is 0.0769. The van der Waals surface area contributed by atoms with Gasteiger partial charge >= 0.3 is 0 Å². The van der Waals surface area contributed by atoms with Gasteiger partial charge < -0.3 is 0 Å². The van der Waals surface area contributed by atoms with Crippen LogP contribution in [0.15, 0.2) is 40.9 Å². The summed E-state index contributed by atoms with van der Waals surface area (Å²) < 4.78 is 26.9. The third-order valence-corrected chi connectivity index (χ3v) is 4.52. The molecule has 0 heterocycles. The summed E-state index contributed by atoms with van der Waals surface area (Å²) in [7, 11) is 0. The molecule has 5 heteroatoms. The Morgan fingerprint density at radius 1 is 1.06 bits per heavy atom. The van der Waals surface area contributed by atoms with Crippen molar-refractivity contribution in [3.8, 4) is 0 Å². The van der Waals surface area contributed by atoms with E-state index in [1.807, 2.05) is 0 Å². The second-order valence-corrected chi connectivity index (χ2v) is 5.83. The van der Waals surface area contributed by atoms with Crippen molar-refractivity contribution in [2.75, 3.05) is 0 Å². The van der Waals surface area contributed by atoms with Crippen LogP contribution in [0.25, 0.3) is 0 Å². The molecule has 94 valence electrons. The lowest BCUT2D eigenvalue weighted by atomic mass is 10.0. The predicted octanol–water partition coefficient (Wildman–Crippen LogP) is 5.87. The molecule has 2 rings (SSSR count). The maximum absolute atomic E-state index is 13.4. The van der Waals surface area contributed by atoms with Crippen LogP contribution in [0.5, 0.6) is 0 Å². The molecule has 0 nitrogen and oxygen atoms in total. The molecule has 2 aromatic carbocycles. The summed E-state index contributed by atoms with van der Waals surface area (Å²) in [6.45, 7) is 0. The summed E-state index contributed by atoms with van der Waals surface area (Å²) in [6, 6.07) is 9.22. The first-order chi connectivity index (χ1) is 8.50.